The molecular formula is C11H9ClN4OS. The number of benzene rings is 1. The molecule has 0 spiro atoms. The van der Waals surface area contributed by atoms with E-state index in [9.17, 15) is 4.79 Å². The van der Waals surface area contributed by atoms with Gasteiger partial charge in [-0.05, 0) is 12.1 Å². The van der Waals surface area contributed by atoms with Crippen molar-refractivity contribution in [2.75, 3.05) is 0 Å². The van der Waals surface area contributed by atoms with Crippen molar-refractivity contribution in [1.82, 2.24) is 9.97 Å². The van der Waals surface area contributed by atoms with Gasteiger partial charge in [0.25, 0.3) is 5.56 Å². The second kappa shape index (κ2) is 5.24. The summed E-state index contributed by atoms with van der Waals surface area (Å²) in [5.41, 5.74) is 5.70. The predicted octanol–water partition coefficient (Wildman–Crippen LogP) is 1.86. The zero-order valence-corrected chi connectivity index (χ0v) is 10.7. The molecule has 92 valence electrons. The zero-order chi connectivity index (χ0) is 13.1. The quantitative estimate of drug-likeness (QED) is 0.454. The molecule has 18 heavy (non-hydrogen) atoms. The van der Waals surface area contributed by atoms with E-state index in [2.05, 4.69) is 9.97 Å². The Balaban J connectivity index is 2.43. The lowest BCUT2D eigenvalue weighted by Gasteiger charge is -2.08. The summed E-state index contributed by atoms with van der Waals surface area (Å²) in [5, 5.41) is 8.33. The maximum absolute atomic E-state index is 11.2. The number of H-pyrrole nitrogens is 1. The highest BCUT2D eigenvalue weighted by Gasteiger charge is 2.11. The molecule has 0 fully saturated rings. The van der Waals surface area contributed by atoms with E-state index in [-0.39, 0.29) is 11.4 Å². The molecule has 0 bridgehead atoms. The third-order valence-corrected chi connectivity index (χ3v) is 3.38. The molecular weight excluding hydrogens is 272 g/mol. The fourth-order valence-electron chi connectivity index (χ4n) is 1.36. The van der Waals surface area contributed by atoms with Crippen molar-refractivity contribution >= 4 is 29.2 Å². The number of amidine groups is 1. The minimum absolute atomic E-state index is 0.124. The summed E-state index contributed by atoms with van der Waals surface area (Å²) in [6, 6.07) is 6.50. The van der Waals surface area contributed by atoms with E-state index < -0.39 is 0 Å². The Labute approximate surface area is 112 Å². The highest BCUT2D eigenvalue weighted by atomic mass is 35.5. The number of nitrogens with one attached hydrogen (secondary N) is 2. The topological polar surface area (TPSA) is 95.6 Å². The van der Waals surface area contributed by atoms with Gasteiger partial charge in [0.2, 0.25) is 0 Å². The van der Waals surface area contributed by atoms with Crippen molar-refractivity contribution in [3.05, 3.63) is 51.4 Å². The molecule has 0 aliphatic carbocycles. The van der Waals surface area contributed by atoms with Crippen molar-refractivity contribution in [2.45, 2.75) is 10.1 Å². The number of hydrogen-bond acceptors (Lipinski definition) is 4. The van der Waals surface area contributed by atoms with Gasteiger partial charge in [-0.1, -0.05) is 29.4 Å². The summed E-state index contributed by atoms with van der Waals surface area (Å²) >= 11 is 7.19. The Hall–Kier alpha value is -1.79. The van der Waals surface area contributed by atoms with E-state index >= 15 is 0 Å². The van der Waals surface area contributed by atoms with Crippen LogP contribution in [0.5, 0.6) is 0 Å². The summed E-state index contributed by atoms with van der Waals surface area (Å²) < 4.78 is 0. The van der Waals surface area contributed by atoms with Gasteiger partial charge >= 0.3 is 0 Å². The fraction of sp³-hybridized carbons (Fsp3) is 0. The number of nitrogen functional groups attached to an aromatic ring is 1. The fourth-order valence-corrected chi connectivity index (χ4v) is 2.63. The van der Waals surface area contributed by atoms with Crippen LogP contribution in [0.15, 0.2) is 45.3 Å². The Kier molecular flexibility index (Phi) is 3.69. The lowest BCUT2D eigenvalue weighted by Crippen LogP contribution is -2.13. The van der Waals surface area contributed by atoms with Crippen molar-refractivity contribution < 1.29 is 0 Å². The molecule has 7 heteroatoms. The Morgan fingerprint density at radius 3 is 2.89 bits per heavy atom. The number of halogens is 1. The van der Waals surface area contributed by atoms with Crippen molar-refractivity contribution in [2.24, 2.45) is 5.73 Å². The lowest BCUT2D eigenvalue weighted by molar-refractivity contribution is 0.936. The molecule has 1 aromatic carbocycles. The summed E-state index contributed by atoms with van der Waals surface area (Å²) in [6.45, 7) is 0. The van der Waals surface area contributed by atoms with Gasteiger partial charge in [-0.2, -0.15) is 0 Å². The average Bonchev–Trinajstić information content (AvgIpc) is 2.28. The SMILES string of the molecule is N=C(N)c1c(Cl)cccc1Sc1nccc(=O)[nH]1. The third-order valence-electron chi connectivity index (χ3n) is 2.10. The number of rotatable bonds is 3. The number of aromatic amines is 1. The average molecular weight is 281 g/mol. The molecule has 0 radical (unpaired) electrons. The maximum atomic E-state index is 11.2. The maximum Gasteiger partial charge on any atom is 0.251 e. The molecule has 1 aromatic heterocycles. The first-order valence-electron chi connectivity index (χ1n) is 4.94. The van der Waals surface area contributed by atoms with E-state index in [4.69, 9.17) is 22.7 Å². The van der Waals surface area contributed by atoms with Crippen LogP contribution in [0.2, 0.25) is 5.02 Å². The van der Waals surface area contributed by atoms with Crippen molar-refractivity contribution in [3.63, 3.8) is 0 Å². The van der Waals surface area contributed by atoms with Crippen molar-refractivity contribution in [3.8, 4) is 0 Å². The van der Waals surface area contributed by atoms with E-state index in [0.717, 1.165) is 0 Å². The number of nitrogens with zero attached hydrogens (tertiary/aromatic N) is 1. The van der Waals surface area contributed by atoms with Crippen LogP contribution in [0, 0.1) is 5.41 Å². The van der Waals surface area contributed by atoms with E-state index in [1.54, 1.807) is 18.2 Å². The monoisotopic (exact) mass is 280 g/mol. The Morgan fingerprint density at radius 2 is 2.22 bits per heavy atom. The molecule has 2 rings (SSSR count). The number of aromatic nitrogens is 2. The number of hydrogen-bond donors (Lipinski definition) is 3. The molecule has 5 nitrogen and oxygen atoms in total. The minimum Gasteiger partial charge on any atom is -0.384 e. The second-order valence-electron chi connectivity index (χ2n) is 3.37. The van der Waals surface area contributed by atoms with Gasteiger partial charge in [-0.15, -0.1) is 0 Å². The predicted molar refractivity (Wildman–Crippen MR) is 71.4 cm³/mol. The van der Waals surface area contributed by atoms with Crippen LogP contribution in [0.4, 0.5) is 0 Å². The molecule has 2 aromatic rings. The lowest BCUT2D eigenvalue weighted by atomic mass is 10.2. The van der Waals surface area contributed by atoms with Gasteiger partial charge < -0.3 is 10.7 Å². The normalized spacial score (nSPS) is 10.3. The molecule has 0 atom stereocenters. The van der Waals surface area contributed by atoms with Crippen molar-refractivity contribution in [1.29, 1.82) is 5.41 Å². The smallest absolute Gasteiger partial charge is 0.251 e. The van der Waals surface area contributed by atoms with Crippen LogP contribution < -0.4 is 11.3 Å². The van der Waals surface area contributed by atoms with Gasteiger partial charge in [-0.25, -0.2) is 4.98 Å². The highest BCUT2D eigenvalue weighted by molar-refractivity contribution is 7.99. The molecule has 0 amide bonds. The Morgan fingerprint density at radius 1 is 1.44 bits per heavy atom. The summed E-state index contributed by atoms with van der Waals surface area (Å²) in [7, 11) is 0. The summed E-state index contributed by atoms with van der Waals surface area (Å²) in [6.07, 6.45) is 1.42. The zero-order valence-electron chi connectivity index (χ0n) is 9.11. The van der Waals surface area contributed by atoms with E-state index in [0.29, 0.717) is 20.6 Å². The minimum atomic E-state index is -0.237. The molecule has 0 aliphatic rings. The molecule has 0 saturated heterocycles. The van der Waals surface area contributed by atoms with Gasteiger partial charge in [0, 0.05) is 22.7 Å². The van der Waals surface area contributed by atoms with Crippen LogP contribution in [0.25, 0.3) is 0 Å². The largest absolute Gasteiger partial charge is 0.384 e. The van der Waals surface area contributed by atoms with Crippen LogP contribution in [0.1, 0.15) is 5.56 Å². The van der Waals surface area contributed by atoms with Gasteiger partial charge in [-0.3, -0.25) is 10.2 Å². The van der Waals surface area contributed by atoms with Crippen LogP contribution in [-0.4, -0.2) is 15.8 Å². The first-order valence-corrected chi connectivity index (χ1v) is 6.13. The highest BCUT2D eigenvalue weighted by Crippen LogP contribution is 2.31. The van der Waals surface area contributed by atoms with E-state index in [1.807, 2.05) is 0 Å². The summed E-state index contributed by atoms with van der Waals surface area (Å²) in [5.74, 6) is -0.124. The van der Waals surface area contributed by atoms with Gasteiger partial charge in [0.1, 0.15) is 5.84 Å². The van der Waals surface area contributed by atoms with E-state index in [1.165, 1.54) is 24.0 Å². The van der Waals surface area contributed by atoms with Gasteiger partial charge in [0.05, 0.1) is 5.02 Å². The molecule has 0 saturated carbocycles. The summed E-state index contributed by atoms with van der Waals surface area (Å²) in [4.78, 5) is 18.4. The van der Waals surface area contributed by atoms with Crippen LogP contribution >= 0.6 is 23.4 Å². The van der Waals surface area contributed by atoms with Crippen LogP contribution in [-0.2, 0) is 0 Å². The molecule has 0 aliphatic heterocycles. The standard InChI is InChI=1S/C11H9ClN4OS/c12-6-2-1-3-7(9(6)10(13)14)18-11-15-5-4-8(17)16-11/h1-5H,(H3,13,14)(H,15,16,17). The first-order chi connectivity index (χ1) is 8.58. The Bertz CT molecular complexity index is 655. The molecule has 4 N–H and O–H groups in total. The van der Waals surface area contributed by atoms with Crippen LogP contribution in [0.3, 0.4) is 0 Å². The second-order valence-corrected chi connectivity index (χ2v) is 4.81. The van der Waals surface area contributed by atoms with Gasteiger partial charge in [0.15, 0.2) is 5.16 Å². The number of nitrogens with two attached hydrogens (primary N) is 1. The third kappa shape index (κ3) is 2.72. The molecule has 0 unspecified atom stereocenters. The first kappa shape index (κ1) is 12.7. The molecule has 1 heterocycles.